The Morgan fingerprint density at radius 1 is 1.17 bits per heavy atom. The smallest absolute Gasteiger partial charge is 0.237 e. The first-order chi connectivity index (χ1) is 14.1. The van der Waals surface area contributed by atoms with Crippen LogP contribution >= 0.6 is 11.6 Å². The Balaban J connectivity index is 1.67. The number of nitrogens with zero attached hydrogens (tertiary/aromatic N) is 1. The molecule has 0 aliphatic heterocycles. The van der Waals surface area contributed by atoms with Crippen molar-refractivity contribution in [2.24, 2.45) is 0 Å². The standard InChI is InChI=1S/C22H25ClN2O4S/c1-15-11-18(12-16(2)22(15)23)29-10-6-9-25-14-17(13-21(26)24-30(3,27)28)19-7-4-5-8-20(19)25/h4-5,7-8,11-12,14H,6,9-10,13H2,1-3H3,(H,24,26). The zero-order valence-corrected chi connectivity index (χ0v) is 18.8. The minimum absolute atomic E-state index is 0.000409. The van der Waals surface area contributed by atoms with Gasteiger partial charge in [0.1, 0.15) is 5.75 Å². The SMILES string of the molecule is Cc1cc(OCCCn2cc(CC(=O)NS(C)(=O)=O)c3ccccc32)cc(C)c1Cl. The number of carbonyl (C=O) groups is 1. The summed E-state index contributed by atoms with van der Waals surface area (Å²) < 4.78 is 32.6. The Kier molecular flexibility index (Phi) is 6.73. The zero-order valence-electron chi connectivity index (χ0n) is 17.2. The first kappa shape index (κ1) is 22.2. The molecule has 3 aromatic rings. The highest BCUT2D eigenvalue weighted by Gasteiger charge is 2.14. The number of nitrogens with one attached hydrogen (secondary N) is 1. The summed E-state index contributed by atoms with van der Waals surface area (Å²) in [6, 6.07) is 11.6. The maximum atomic E-state index is 12.0. The number of hydrogen-bond donors (Lipinski definition) is 1. The summed E-state index contributed by atoms with van der Waals surface area (Å²) in [5.74, 6) is 0.252. The minimum Gasteiger partial charge on any atom is -0.494 e. The van der Waals surface area contributed by atoms with Crippen molar-refractivity contribution in [1.29, 1.82) is 0 Å². The summed E-state index contributed by atoms with van der Waals surface area (Å²) in [4.78, 5) is 12.0. The lowest BCUT2D eigenvalue weighted by molar-refractivity contribution is -0.118. The summed E-state index contributed by atoms with van der Waals surface area (Å²) in [7, 11) is -3.57. The molecule has 1 amide bonds. The van der Waals surface area contributed by atoms with Crippen molar-refractivity contribution in [3.8, 4) is 5.75 Å². The molecule has 3 rings (SSSR count). The molecule has 0 radical (unpaired) electrons. The van der Waals surface area contributed by atoms with Crippen molar-refractivity contribution < 1.29 is 17.9 Å². The number of halogens is 1. The van der Waals surface area contributed by atoms with Crippen molar-refractivity contribution in [3.63, 3.8) is 0 Å². The Labute approximate surface area is 181 Å². The maximum Gasteiger partial charge on any atom is 0.237 e. The van der Waals surface area contributed by atoms with Gasteiger partial charge in [0.05, 0.1) is 19.3 Å². The first-order valence-corrected chi connectivity index (χ1v) is 11.9. The predicted molar refractivity (Wildman–Crippen MR) is 120 cm³/mol. The molecule has 0 aliphatic carbocycles. The second-order valence-corrected chi connectivity index (χ2v) is 9.54. The number of carbonyl (C=O) groups excluding carboxylic acids is 1. The fourth-order valence-corrected chi connectivity index (χ4v) is 4.07. The number of fused-ring (bicyclic) bond motifs is 1. The van der Waals surface area contributed by atoms with Gasteiger partial charge in [0, 0.05) is 28.7 Å². The lowest BCUT2D eigenvalue weighted by Crippen LogP contribution is -2.30. The third kappa shape index (κ3) is 5.55. The van der Waals surface area contributed by atoms with Crippen molar-refractivity contribution in [2.75, 3.05) is 12.9 Å². The van der Waals surface area contributed by atoms with Gasteiger partial charge in [-0.05, 0) is 55.2 Å². The second-order valence-electron chi connectivity index (χ2n) is 7.41. The van der Waals surface area contributed by atoms with Gasteiger partial charge >= 0.3 is 0 Å². The van der Waals surface area contributed by atoms with Gasteiger partial charge in [0.25, 0.3) is 0 Å². The van der Waals surface area contributed by atoms with Gasteiger partial charge in [0.15, 0.2) is 0 Å². The fourth-order valence-electron chi connectivity index (χ4n) is 3.48. The van der Waals surface area contributed by atoms with Crippen LogP contribution < -0.4 is 9.46 Å². The van der Waals surface area contributed by atoms with Crippen LogP contribution in [-0.4, -0.2) is 31.8 Å². The average Bonchev–Trinajstić information content (AvgIpc) is 2.99. The van der Waals surface area contributed by atoms with E-state index in [9.17, 15) is 13.2 Å². The third-order valence-electron chi connectivity index (χ3n) is 4.74. The molecule has 8 heteroatoms. The van der Waals surface area contributed by atoms with Crippen molar-refractivity contribution in [1.82, 2.24) is 9.29 Å². The quantitative estimate of drug-likeness (QED) is 0.528. The number of amides is 1. The van der Waals surface area contributed by atoms with Gasteiger partial charge < -0.3 is 9.30 Å². The molecule has 0 spiro atoms. The van der Waals surface area contributed by atoms with E-state index >= 15 is 0 Å². The Morgan fingerprint density at radius 3 is 2.50 bits per heavy atom. The molecule has 1 aromatic heterocycles. The van der Waals surface area contributed by atoms with E-state index in [0.717, 1.165) is 51.0 Å². The number of aryl methyl sites for hydroxylation is 3. The number of ether oxygens (including phenoxy) is 1. The monoisotopic (exact) mass is 448 g/mol. The summed E-state index contributed by atoms with van der Waals surface area (Å²) in [6.07, 6.45) is 3.65. The molecule has 2 aromatic carbocycles. The minimum atomic E-state index is -3.57. The van der Waals surface area contributed by atoms with Crippen LogP contribution in [0.15, 0.2) is 42.6 Å². The van der Waals surface area contributed by atoms with Gasteiger partial charge in [-0.1, -0.05) is 29.8 Å². The van der Waals surface area contributed by atoms with E-state index in [-0.39, 0.29) is 6.42 Å². The van der Waals surface area contributed by atoms with E-state index in [1.165, 1.54) is 0 Å². The Hall–Kier alpha value is -2.51. The second kappa shape index (κ2) is 9.10. The van der Waals surface area contributed by atoms with Crippen LogP contribution in [0.1, 0.15) is 23.1 Å². The summed E-state index contributed by atoms with van der Waals surface area (Å²) in [5, 5.41) is 1.69. The molecule has 0 saturated carbocycles. The van der Waals surface area contributed by atoms with Gasteiger partial charge in [0.2, 0.25) is 15.9 Å². The normalized spacial score (nSPS) is 11.6. The van der Waals surface area contributed by atoms with Crippen LogP contribution in [0.2, 0.25) is 5.02 Å². The lowest BCUT2D eigenvalue weighted by atomic mass is 10.1. The molecule has 1 heterocycles. The maximum absolute atomic E-state index is 12.0. The molecule has 30 heavy (non-hydrogen) atoms. The molecule has 0 saturated heterocycles. The fraction of sp³-hybridized carbons (Fsp3) is 0.318. The van der Waals surface area contributed by atoms with Crippen LogP contribution in [-0.2, 0) is 27.8 Å². The predicted octanol–water partition coefficient (Wildman–Crippen LogP) is 4.00. The Bertz CT molecular complexity index is 1160. The van der Waals surface area contributed by atoms with E-state index in [0.29, 0.717) is 13.2 Å². The highest BCUT2D eigenvalue weighted by molar-refractivity contribution is 7.89. The largest absolute Gasteiger partial charge is 0.494 e. The topological polar surface area (TPSA) is 77.4 Å². The van der Waals surface area contributed by atoms with E-state index in [1.54, 1.807) is 0 Å². The third-order valence-corrected chi connectivity index (χ3v) is 5.94. The van der Waals surface area contributed by atoms with E-state index in [4.69, 9.17) is 16.3 Å². The number of sulfonamides is 1. The van der Waals surface area contributed by atoms with Gasteiger partial charge in [-0.3, -0.25) is 9.52 Å². The highest BCUT2D eigenvalue weighted by Crippen LogP contribution is 2.26. The van der Waals surface area contributed by atoms with Gasteiger partial charge in [-0.2, -0.15) is 0 Å². The zero-order chi connectivity index (χ0) is 21.9. The molecular weight excluding hydrogens is 424 g/mol. The number of para-hydroxylation sites is 1. The van der Waals surface area contributed by atoms with Crippen molar-refractivity contribution in [3.05, 3.63) is 64.3 Å². The molecule has 0 aliphatic rings. The number of rotatable bonds is 8. The van der Waals surface area contributed by atoms with E-state index < -0.39 is 15.9 Å². The molecule has 6 nitrogen and oxygen atoms in total. The van der Waals surface area contributed by atoms with Crippen molar-refractivity contribution in [2.45, 2.75) is 33.2 Å². The summed E-state index contributed by atoms with van der Waals surface area (Å²) in [5.41, 5.74) is 3.76. The summed E-state index contributed by atoms with van der Waals surface area (Å²) >= 11 is 6.20. The van der Waals surface area contributed by atoms with Gasteiger partial charge in [-0.15, -0.1) is 0 Å². The summed E-state index contributed by atoms with van der Waals surface area (Å²) in [6.45, 7) is 5.15. The number of aromatic nitrogens is 1. The van der Waals surface area contributed by atoms with E-state index in [1.807, 2.05) is 61.2 Å². The van der Waals surface area contributed by atoms with Crippen molar-refractivity contribution >= 4 is 38.4 Å². The highest BCUT2D eigenvalue weighted by atomic mass is 35.5. The van der Waals surface area contributed by atoms with Crippen LogP contribution in [0.4, 0.5) is 0 Å². The van der Waals surface area contributed by atoms with Gasteiger partial charge in [-0.25, -0.2) is 8.42 Å². The first-order valence-electron chi connectivity index (χ1n) is 9.61. The molecule has 1 N–H and O–H groups in total. The molecule has 0 unspecified atom stereocenters. The van der Waals surface area contributed by atoms with Crippen LogP contribution in [0.5, 0.6) is 5.75 Å². The molecule has 160 valence electrons. The number of benzene rings is 2. The Morgan fingerprint density at radius 2 is 1.83 bits per heavy atom. The van der Waals surface area contributed by atoms with Crippen LogP contribution in [0.25, 0.3) is 10.9 Å². The molecular formula is C22H25ClN2O4S. The number of hydrogen-bond acceptors (Lipinski definition) is 4. The van der Waals surface area contributed by atoms with Crippen LogP contribution in [0, 0.1) is 13.8 Å². The molecule has 0 bridgehead atoms. The lowest BCUT2D eigenvalue weighted by Gasteiger charge is -2.11. The molecule has 0 atom stereocenters. The average molecular weight is 449 g/mol. The van der Waals surface area contributed by atoms with Crippen LogP contribution in [0.3, 0.4) is 0 Å². The molecule has 0 fully saturated rings. The van der Waals surface area contributed by atoms with E-state index in [2.05, 4.69) is 4.57 Å².